The molecule has 3 heteroatoms. The minimum atomic E-state index is -0.304. The third-order valence-corrected chi connectivity index (χ3v) is 4.97. The van der Waals surface area contributed by atoms with E-state index in [-0.39, 0.29) is 11.3 Å². The maximum atomic E-state index is 12.8. The van der Waals surface area contributed by atoms with Crippen molar-refractivity contribution in [1.82, 2.24) is 5.32 Å². The molecule has 0 aromatic heterocycles. The third kappa shape index (κ3) is 2.30. The van der Waals surface area contributed by atoms with Crippen LogP contribution in [0.1, 0.15) is 50.5 Å². The summed E-state index contributed by atoms with van der Waals surface area (Å²) in [6.45, 7) is 0. The van der Waals surface area contributed by atoms with Crippen LogP contribution in [0, 0.1) is 0 Å². The van der Waals surface area contributed by atoms with Gasteiger partial charge in [-0.05, 0) is 49.8 Å². The Balaban J connectivity index is 1.83. The summed E-state index contributed by atoms with van der Waals surface area (Å²) in [5, 5.41) is 3.26. The second-order valence-electron chi connectivity index (χ2n) is 6.12. The van der Waals surface area contributed by atoms with Gasteiger partial charge in [0.05, 0.1) is 12.5 Å². The molecule has 1 aromatic rings. The highest BCUT2D eigenvalue weighted by Crippen LogP contribution is 2.42. The standard InChI is InChI=1S/C17H23NO2/c1-20-15-9-7-13(8-10-15)17(11-2-3-12-17)16(19)18-14-5-4-6-14/h7-10,14H,2-6,11-12H2,1H3,(H,18,19). The van der Waals surface area contributed by atoms with E-state index >= 15 is 0 Å². The van der Waals surface area contributed by atoms with Crippen LogP contribution in [0.15, 0.2) is 24.3 Å². The molecule has 2 saturated carbocycles. The van der Waals surface area contributed by atoms with Crippen LogP contribution < -0.4 is 10.1 Å². The molecule has 1 aromatic carbocycles. The van der Waals surface area contributed by atoms with Crippen LogP contribution in [-0.2, 0) is 10.2 Å². The predicted octanol–water partition coefficient (Wildman–Crippen LogP) is 3.18. The van der Waals surface area contributed by atoms with Gasteiger partial charge in [0.15, 0.2) is 0 Å². The van der Waals surface area contributed by atoms with Crippen LogP contribution in [-0.4, -0.2) is 19.1 Å². The lowest BCUT2D eigenvalue weighted by atomic mass is 9.77. The number of carbonyl (C=O) groups is 1. The van der Waals surface area contributed by atoms with E-state index in [1.807, 2.05) is 12.1 Å². The van der Waals surface area contributed by atoms with E-state index in [0.717, 1.165) is 49.8 Å². The highest BCUT2D eigenvalue weighted by Gasteiger charge is 2.43. The molecular weight excluding hydrogens is 250 g/mol. The molecular formula is C17H23NO2. The van der Waals surface area contributed by atoms with Crippen LogP contribution in [0.3, 0.4) is 0 Å². The van der Waals surface area contributed by atoms with Gasteiger partial charge in [0.1, 0.15) is 5.75 Å². The van der Waals surface area contributed by atoms with Crippen LogP contribution in [0.25, 0.3) is 0 Å². The van der Waals surface area contributed by atoms with E-state index in [9.17, 15) is 4.79 Å². The zero-order valence-corrected chi connectivity index (χ0v) is 12.2. The Morgan fingerprint density at radius 2 is 1.80 bits per heavy atom. The molecule has 2 aliphatic carbocycles. The van der Waals surface area contributed by atoms with Gasteiger partial charge in [0, 0.05) is 6.04 Å². The molecule has 0 radical (unpaired) electrons. The van der Waals surface area contributed by atoms with Gasteiger partial charge in [-0.3, -0.25) is 4.79 Å². The van der Waals surface area contributed by atoms with E-state index in [1.54, 1.807) is 7.11 Å². The van der Waals surface area contributed by atoms with Crippen LogP contribution in [0.5, 0.6) is 5.75 Å². The van der Waals surface area contributed by atoms with Gasteiger partial charge in [0.2, 0.25) is 5.91 Å². The monoisotopic (exact) mass is 273 g/mol. The van der Waals surface area contributed by atoms with E-state index in [4.69, 9.17) is 4.74 Å². The summed E-state index contributed by atoms with van der Waals surface area (Å²) >= 11 is 0. The zero-order valence-electron chi connectivity index (χ0n) is 12.2. The fourth-order valence-electron chi connectivity index (χ4n) is 3.41. The van der Waals surface area contributed by atoms with E-state index < -0.39 is 0 Å². The Bertz CT molecular complexity index is 470. The van der Waals surface area contributed by atoms with Crippen molar-refractivity contribution in [3.63, 3.8) is 0 Å². The Labute approximate surface area is 120 Å². The third-order valence-electron chi connectivity index (χ3n) is 4.97. The van der Waals surface area contributed by atoms with Crippen LogP contribution in [0.2, 0.25) is 0 Å². The molecule has 1 amide bonds. The molecule has 108 valence electrons. The summed E-state index contributed by atoms with van der Waals surface area (Å²) in [7, 11) is 1.67. The summed E-state index contributed by atoms with van der Waals surface area (Å²) in [5.41, 5.74) is 0.842. The molecule has 3 nitrogen and oxygen atoms in total. The van der Waals surface area contributed by atoms with Crippen molar-refractivity contribution in [2.24, 2.45) is 0 Å². The Kier molecular flexibility index (Phi) is 3.68. The summed E-state index contributed by atoms with van der Waals surface area (Å²) in [6, 6.07) is 8.46. The van der Waals surface area contributed by atoms with Crippen LogP contribution in [0.4, 0.5) is 0 Å². The average Bonchev–Trinajstić information content (AvgIpc) is 2.93. The van der Waals surface area contributed by atoms with Gasteiger partial charge in [-0.15, -0.1) is 0 Å². The number of amides is 1. The Hall–Kier alpha value is -1.51. The highest BCUT2D eigenvalue weighted by molar-refractivity contribution is 5.89. The lowest BCUT2D eigenvalue weighted by molar-refractivity contribution is -0.128. The van der Waals surface area contributed by atoms with Gasteiger partial charge in [-0.1, -0.05) is 25.0 Å². The molecule has 3 rings (SSSR count). The molecule has 0 spiro atoms. The lowest BCUT2D eigenvalue weighted by Crippen LogP contribution is -2.49. The number of benzene rings is 1. The minimum absolute atomic E-state index is 0.241. The molecule has 0 atom stereocenters. The first-order chi connectivity index (χ1) is 9.74. The number of methoxy groups -OCH3 is 1. The Morgan fingerprint density at radius 3 is 2.30 bits per heavy atom. The van der Waals surface area contributed by atoms with Crippen LogP contribution >= 0.6 is 0 Å². The van der Waals surface area contributed by atoms with E-state index in [2.05, 4.69) is 17.4 Å². The van der Waals surface area contributed by atoms with Crippen molar-refractivity contribution < 1.29 is 9.53 Å². The number of hydrogen-bond acceptors (Lipinski definition) is 2. The maximum absolute atomic E-state index is 12.8. The Morgan fingerprint density at radius 1 is 1.15 bits per heavy atom. The quantitative estimate of drug-likeness (QED) is 0.915. The summed E-state index contributed by atoms with van der Waals surface area (Å²) in [6.07, 6.45) is 7.76. The molecule has 0 bridgehead atoms. The van der Waals surface area contributed by atoms with Gasteiger partial charge >= 0.3 is 0 Å². The smallest absolute Gasteiger partial charge is 0.230 e. The van der Waals surface area contributed by atoms with E-state index in [0.29, 0.717) is 6.04 Å². The van der Waals surface area contributed by atoms with Gasteiger partial charge in [-0.2, -0.15) is 0 Å². The molecule has 20 heavy (non-hydrogen) atoms. The number of carbonyl (C=O) groups excluding carboxylic acids is 1. The summed E-state index contributed by atoms with van der Waals surface area (Å²) in [5.74, 6) is 1.09. The molecule has 2 fully saturated rings. The molecule has 0 aliphatic heterocycles. The van der Waals surface area contributed by atoms with Crippen molar-refractivity contribution in [3.8, 4) is 5.75 Å². The first kappa shape index (κ1) is 13.5. The summed E-state index contributed by atoms with van der Waals surface area (Å²) in [4.78, 5) is 12.8. The number of hydrogen-bond donors (Lipinski definition) is 1. The number of ether oxygens (including phenoxy) is 1. The predicted molar refractivity (Wildman–Crippen MR) is 78.9 cm³/mol. The molecule has 1 N–H and O–H groups in total. The average molecular weight is 273 g/mol. The second-order valence-corrected chi connectivity index (χ2v) is 6.12. The largest absolute Gasteiger partial charge is 0.497 e. The normalized spacial score (nSPS) is 21.2. The zero-order chi connectivity index (χ0) is 14.0. The van der Waals surface area contributed by atoms with Crippen molar-refractivity contribution in [1.29, 1.82) is 0 Å². The fourth-order valence-corrected chi connectivity index (χ4v) is 3.41. The minimum Gasteiger partial charge on any atom is -0.497 e. The first-order valence-corrected chi connectivity index (χ1v) is 7.70. The molecule has 0 saturated heterocycles. The lowest BCUT2D eigenvalue weighted by Gasteiger charge is -2.34. The van der Waals surface area contributed by atoms with Gasteiger partial charge in [0.25, 0.3) is 0 Å². The molecule has 0 heterocycles. The SMILES string of the molecule is COc1ccc(C2(C(=O)NC3CCC3)CCCC2)cc1. The van der Waals surface area contributed by atoms with E-state index in [1.165, 1.54) is 6.42 Å². The highest BCUT2D eigenvalue weighted by atomic mass is 16.5. The number of rotatable bonds is 4. The first-order valence-electron chi connectivity index (χ1n) is 7.70. The van der Waals surface area contributed by atoms with Gasteiger partial charge in [-0.25, -0.2) is 0 Å². The molecule has 0 unspecified atom stereocenters. The maximum Gasteiger partial charge on any atom is 0.230 e. The van der Waals surface area contributed by atoms with Crippen molar-refractivity contribution in [2.45, 2.75) is 56.4 Å². The summed E-state index contributed by atoms with van der Waals surface area (Å²) < 4.78 is 5.22. The number of nitrogens with one attached hydrogen (secondary N) is 1. The van der Waals surface area contributed by atoms with Crippen molar-refractivity contribution in [3.05, 3.63) is 29.8 Å². The topological polar surface area (TPSA) is 38.3 Å². The van der Waals surface area contributed by atoms with Crippen molar-refractivity contribution in [2.75, 3.05) is 7.11 Å². The van der Waals surface area contributed by atoms with Gasteiger partial charge < -0.3 is 10.1 Å². The fraction of sp³-hybridized carbons (Fsp3) is 0.588. The second kappa shape index (κ2) is 5.47. The van der Waals surface area contributed by atoms with Crippen molar-refractivity contribution >= 4 is 5.91 Å². The molecule has 2 aliphatic rings.